The molecule has 2 N–H and O–H groups in total. The Labute approximate surface area is 145 Å². The average Bonchev–Trinajstić information content (AvgIpc) is 3.12. The van der Waals surface area contributed by atoms with Crippen LogP contribution in [0.25, 0.3) is 0 Å². The van der Waals surface area contributed by atoms with Gasteiger partial charge in [0.2, 0.25) is 15.9 Å². The van der Waals surface area contributed by atoms with Crippen LogP contribution in [-0.4, -0.2) is 27.4 Å². The Morgan fingerprint density at radius 1 is 1.17 bits per heavy atom. The molecule has 1 aliphatic rings. The third kappa shape index (κ3) is 5.05. The Balaban J connectivity index is 1.81. The highest BCUT2D eigenvalue weighted by Crippen LogP contribution is 2.24. The average molecular weight is 353 g/mol. The molecule has 0 bridgehead atoms. The fourth-order valence-electron chi connectivity index (χ4n) is 3.00. The van der Waals surface area contributed by atoms with Gasteiger partial charge in [-0.05, 0) is 42.9 Å². The Hall–Kier alpha value is -1.40. The van der Waals surface area contributed by atoms with Gasteiger partial charge in [-0.2, -0.15) is 0 Å². The van der Waals surface area contributed by atoms with E-state index in [4.69, 9.17) is 0 Å². The fraction of sp³-hybridized carbons (Fsp3) is 0.611. The van der Waals surface area contributed by atoms with Crippen molar-refractivity contribution in [1.29, 1.82) is 0 Å². The predicted octanol–water partition coefficient (Wildman–Crippen LogP) is 2.78. The number of amides is 1. The van der Waals surface area contributed by atoms with Gasteiger partial charge in [0, 0.05) is 19.0 Å². The van der Waals surface area contributed by atoms with Crippen LogP contribution in [0.3, 0.4) is 0 Å². The van der Waals surface area contributed by atoms with Gasteiger partial charge in [0.1, 0.15) is 0 Å². The second kappa shape index (κ2) is 8.62. The standard InChI is InChI=1S/C18H28N2O3S/c1-3-14(2)15-8-10-17(11-9-15)24(22,23)20-13-12-19-18(21)16-6-4-5-7-16/h8-11,14,16,20H,3-7,12-13H2,1-2H3,(H,19,21). The van der Waals surface area contributed by atoms with Crippen LogP contribution in [0.15, 0.2) is 29.2 Å². The normalized spacial score (nSPS) is 16.9. The molecule has 0 aliphatic heterocycles. The van der Waals surface area contributed by atoms with E-state index in [1.807, 2.05) is 12.1 Å². The van der Waals surface area contributed by atoms with Crippen LogP contribution in [-0.2, 0) is 14.8 Å². The van der Waals surface area contributed by atoms with E-state index in [-0.39, 0.29) is 23.3 Å². The fourth-order valence-corrected chi connectivity index (χ4v) is 4.03. The number of carbonyl (C=O) groups excluding carboxylic acids is 1. The molecular weight excluding hydrogens is 324 g/mol. The van der Waals surface area contributed by atoms with E-state index < -0.39 is 10.0 Å². The number of hydrogen-bond acceptors (Lipinski definition) is 3. The van der Waals surface area contributed by atoms with Crippen molar-refractivity contribution in [1.82, 2.24) is 10.0 Å². The number of carbonyl (C=O) groups is 1. The molecule has 1 amide bonds. The van der Waals surface area contributed by atoms with Crippen LogP contribution in [0.5, 0.6) is 0 Å². The number of sulfonamides is 1. The summed E-state index contributed by atoms with van der Waals surface area (Å²) >= 11 is 0. The lowest BCUT2D eigenvalue weighted by atomic mass is 9.99. The Kier molecular flexibility index (Phi) is 6.80. The quantitative estimate of drug-likeness (QED) is 0.707. The zero-order valence-corrected chi connectivity index (χ0v) is 15.4. The number of benzene rings is 1. The van der Waals surface area contributed by atoms with Gasteiger partial charge < -0.3 is 5.32 Å². The van der Waals surface area contributed by atoms with Crippen molar-refractivity contribution in [2.75, 3.05) is 13.1 Å². The van der Waals surface area contributed by atoms with E-state index in [9.17, 15) is 13.2 Å². The van der Waals surface area contributed by atoms with Crippen LogP contribution in [0, 0.1) is 5.92 Å². The van der Waals surface area contributed by atoms with Gasteiger partial charge in [-0.15, -0.1) is 0 Å². The lowest BCUT2D eigenvalue weighted by Gasteiger charge is -2.12. The highest BCUT2D eigenvalue weighted by Gasteiger charge is 2.22. The predicted molar refractivity (Wildman–Crippen MR) is 95.3 cm³/mol. The Morgan fingerprint density at radius 3 is 2.38 bits per heavy atom. The Bertz CT molecular complexity index is 635. The summed E-state index contributed by atoms with van der Waals surface area (Å²) in [6.45, 7) is 4.75. The van der Waals surface area contributed by atoms with Gasteiger partial charge in [0.05, 0.1) is 4.90 Å². The van der Waals surface area contributed by atoms with Crippen molar-refractivity contribution in [3.63, 3.8) is 0 Å². The number of rotatable bonds is 8. The summed E-state index contributed by atoms with van der Waals surface area (Å²) in [5, 5.41) is 2.81. The van der Waals surface area contributed by atoms with E-state index >= 15 is 0 Å². The highest BCUT2D eigenvalue weighted by atomic mass is 32.2. The minimum atomic E-state index is -3.53. The van der Waals surface area contributed by atoms with E-state index in [1.165, 1.54) is 0 Å². The molecule has 0 aromatic heterocycles. The minimum absolute atomic E-state index is 0.0459. The summed E-state index contributed by atoms with van der Waals surface area (Å²) in [5.74, 6) is 0.569. The molecular formula is C18H28N2O3S. The molecule has 1 aliphatic carbocycles. The summed E-state index contributed by atoms with van der Waals surface area (Å²) < 4.78 is 27.1. The monoisotopic (exact) mass is 352 g/mol. The van der Waals surface area contributed by atoms with Crippen LogP contribution < -0.4 is 10.0 Å². The molecule has 1 fully saturated rings. The van der Waals surface area contributed by atoms with E-state index in [1.54, 1.807) is 12.1 Å². The summed E-state index contributed by atoms with van der Waals surface area (Å²) in [6.07, 6.45) is 5.12. The van der Waals surface area contributed by atoms with Gasteiger partial charge in [0.25, 0.3) is 0 Å². The topological polar surface area (TPSA) is 75.3 Å². The van der Waals surface area contributed by atoms with Crippen molar-refractivity contribution in [3.05, 3.63) is 29.8 Å². The van der Waals surface area contributed by atoms with Gasteiger partial charge in [-0.3, -0.25) is 4.79 Å². The van der Waals surface area contributed by atoms with Gasteiger partial charge in [-0.25, -0.2) is 13.1 Å². The largest absolute Gasteiger partial charge is 0.355 e. The van der Waals surface area contributed by atoms with Crippen molar-refractivity contribution in [3.8, 4) is 0 Å². The molecule has 134 valence electrons. The first-order chi connectivity index (χ1) is 11.4. The maximum Gasteiger partial charge on any atom is 0.240 e. The number of hydrogen-bond donors (Lipinski definition) is 2. The second-order valence-electron chi connectivity index (χ2n) is 6.55. The molecule has 1 aromatic carbocycles. The van der Waals surface area contributed by atoms with E-state index in [2.05, 4.69) is 23.9 Å². The SMILES string of the molecule is CCC(C)c1ccc(S(=O)(=O)NCCNC(=O)C2CCCC2)cc1. The smallest absolute Gasteiger partial charge is 0.240 e. The first kappa shape index (κ1) is 18.9. The molecule has 0 saturated heterocycles. The van der Waals surface area contributed by atoms with Crippen molar-refractivity contribution in [2.45, 2.75) is 56.8 Å². The summed E-state index contributed by atoms with van der Waals surface area (Å²) in [4.78, 5) is 12.1. The first-order valence-corrected chi connectivity index (χ1v) is 10.3. The lowest BCUT2D eigenvalue weighted by Crippen LogP contribution is -2.37. The Morgan fingerprint density at radius 2 is 1.79 bits per heavy atom. The number of nitrogens with one attached hydrogen (secondary N) is 2. The van der Waals surface area contributed by atoms with Crippen LogP contribution in [0.1, 0.15) is 57.4 Å². The molecule has 24 heavy (non-hydrogen) atoms. The van der Waals surface area contributed by atoms with Crippen molar-refractivity contribution in [2.24, 2.45) is 5.92 Å². The molecule has 6 heteroatoms. The highest BCUT2D eigenvalue weighted by molar-refractivity contribution is 7.89. The second-order valence-corrected chi connectivity index (χ2v) is 8.32. The molecule has 5 nitrogen and oxygen atoms in total. The third-order valence-electron chi connectivity index (χ3n) is 4.81. The van der Waals surface area contributed by atoms with Crippen LogP contribution in [0.4, 0.5) is 0 Å². The van der Waals surface area contributed by atoms with Crippen LogP contribution >= 0.6 is 0 Å². The molecule has 0 spiro atoms. The minimum Gasteiger partial charge on any atom is -0.355 e. The van der Waals surface area contributed by atoms with Gasteiger partial charge in [0.15, 0.2) is 0 Å². The summed E-state index contributed by atoms with van der Waals surface area (Å²) in [7, 11) is -3.53. The zero-order chi connectivity index (χ0) is 17.6. The summed E-state index contributed by atoms with van der Waals surface area (Å²) in [6, 6.07) is 7.01. The molecule has 1 unspecified atom stereocenters. The molecule has 0 heterocycles. The lowest BCUT2D eigenvalue weighted by molar-refractivity contribution is -0.124. The molecule has 1 atom stereocenters. The zero-order valence-electron chi connectivity index (χ0n) is 14.5. The molecule has 2 rings (SSSR count). The third-order valence-corrected chi connectivity index (χ3v) is 6.29. The van der Waals surface area contributed by atoms with E-state index in [0.29, 0.717) is 12.5 Å². The van der Waals surface area contributed by atoms with Crippen molar-refractivity contribution >= 4 is 15.9 Å². The molecule has 1 saturated carbocycles. The van der Waals surface area contributed by atoms with Gasteiger partial charge in [-0.1, -0.05) is 38.8 Å². The maximum absolute atomic E-state index is 12.3. The maximum atomic E-state index is 12.3. The van der Waals surface area contributed by atoms with E-state index in [0.717, 1.165) is 37.7 Å². The van der Waals surface area contributed by atoms with Gasteiger partial charge >= 0.3 is 0 Å². The molecule has 1 aromatic rings. The van der Waals surface area contributed by atoms with Crippen molar-refractivity contribution < 1.29 is 13.2 Å². The first-order valence-electron chi connectivity index (χ1n) is 8.81. The summed E-state index contributed by atoms with van der Waals surface area (Å²) in [5.41, 5.74) is 1.14. The molecule has 0 radical (unpaired) electrons. The van der Waals surface area contributed by atoms with Crippen LogP contribution in [0.2, 0.25) is 0 Å².